The molecular formula is C19H15ClFN3O6. The average Bonchev–Trinajstić information content (AvgIpc) is 2.70. The Labute approximate surface area is 174 Å². The number of hydrogen-bond donors (Lipinski definition) is 2. The lowest BCUT2D eigenvalue weighted by atomic mass is 10.1. The summed E-state index contributed by atoms with van der Waals surface area (Å²) < 4.78 is 18.7. The first-order chi connectivity index (χ1) is 14.1. The topological polar surface area (TPSA) is 137 Å². The third-order valence-electron chi connectivity index (χ3n) is 4.07. The van der Waals surface area contributed by atoms with Crippen LogP contribution in [0.3, 0.4) is 0 Å². The second kappa shape index (κ2) is 9.11. The third-order valence-corrected chi connectivity index (χ3v) is 4.30. The number of halogens is 2. The second-order valence-electron chi connectivity index (χ2n) is 6.04. The van der Waals surface area contributed by atoms with Crippen LogP contribution in [0, 0.1) is 27.3 Å². The van der Waals surface area contributed by atoms with Gasteiger partial charge in [-0.2, -0.15) is 5.26 Å². The van der Waals surface area contributed by atoms with Gasteiger partial charge in [0.25, 0.3) is 5.91 Å². The van der Waals surface area contributed by atoms with Gasteiger partial charge in [0, 0.05) is 35.8 Å². The number of aromatic hydroxyl groups is 1. The maximum absolute atomic E-state index is 13.9. The predicted molar refractivity (Wildman–Crippen MR) is 104 cm³/mol. The van der Waals surface area contributed by atoms with Gasteiger partial charge in [-0.15, -0.1) is 0 Å². The molecule has 30 heavy (non-hydrogen) atoms. The normalized spacial score (nSPS) is 11.3. The molecule has 2 aromatic rings. The maximum Gasteiger partial charge on any atom is 0.315 e. The number of hydrogen-bond acceptors (Lipinski definition) is 7. The Kier molecular flexibility index (Phi) is 6.81. The quantitative estimate of drug-likeness (QED) is 0.232. The summed E-state index contributed by atoms with van der Waals surface area (Å²) in [6, 6.07) is 7.12. The lowest BCUT2D eigenvalue weighted by Crippen LogP contribution is -2.28. The van der Waals surface area contributed by atoms with Crippen molar-refractivity contribution in [1.29, 1.82) is 5.26 Å². The monoisotopic (exact) mass is 435 g/mol. The summed E-state index contributed by atoms with van der Waals surface area (Å²) in [5.41, 5.74) is -1.77. The molecule has 0 saturated heterocycles. The number of aliphatic hydroxyl groups excluding tert-OH is 1. The number of nitrogens with zero attached hydrogens (tertiary/aromatic N) is 3. The number of carbonyl (C=O) groups is 1. The maximum atomic E-state index is 13.9. The Morgan fingerprint density at radius 1 is 1.40 bits per heavy atom. The van der Waals surface area contributed by atoms with Gasteiger partial charge in [-0.25, -0.2) is 4.39 Å². The summed E-state index contributed by atoms with van der Waals surface area (Å²) in [6.07, 6.45) is 0. The minimum absolute atomic E-state index is 0.0806. The van der Waals surface area contributed by atoms with Gasteiger partial charge in [-0.05, 0) is 24.3 Å². The number of phenols is 1. The van der Waals surface area contributed by atoms with Crippen LogP contribution in [0.2, 0.25) is 5.02 Å². The van der Waals surface area contributed by atoms with Crippen LogP contribution >= 0.6 is 11.6 Å². The summed E-state index contributed by atoms with van der Waals surface area (Å²) >= 11 is 5.82. The molecule has 0 radical (unpaired) electrons. The molecule has 1 amide bonds. The number of benzene rings is 2. The van der Waals surface area contributed by atoms with E-state index in [1.54, 1.807) is 0 Å². The van der Waals surface area contributed by atoms with E-state index in [1.165, 1.54) is 25.2 Å². The molecule has 0 aliphatic heterocycles. The fraction of sp³-hybridized carbons (Fsp3) is 0.158. The number of nitro benzene ring substituents is 1. The molecule has 0 spiro atoms. The minimum atomic E-state index is -0.968. The van der Waals surface area contributed by atoms with E-state index < -0.39 is 39.4 Å². The van der Waals surface area contributed by atoms with Gasteiger partial charge in [-0.1, -0.05) is 11.6 Å². The number of nitro groups is 1. The van der Waals surface area contributed by atoms with Crippen molar-refractivity contribution in [1.82, 2.24) is 4.90 Å². The van der Waals surface area contributed by atoms with Crippen molar-refractivity contribution in [3.63, 3.8) is 0 Å². The number of rotatable bonds is 6. The van der Waals surface area contributed by atoms with Gasteiger partial charge in [-0.3, -0.25) is 14.9 Å². The van der Waals surface area contributed by atoms with Gasteiger partial charge >= 0.3 is 5.69 Å². The Morgan fingerprint density at radius 2 is 2.07 bits per heavy atom. The summed E-state index contributed by atoms with van der Waals surface area (Å²) in [5.74, 6) is -3.58. The molecular weight excluding hydrogens is 421 g/mol. The number of methoxy groups -OCH3 is 1. The molecule has 2 N–H and O–H groups in total. The van der Waals surface area contributed by atoms with Crippen LogP contribution in [0.25, 0.3) is 5.76 Å². The smallest absolute Gasteiger partial charge is 0.315 e. The zero-order valence-corrected chi connectivity index (χ0v) is 16.5. The van der Waals surface area contributed by atoms with Crippen LogP contribution in [-0.4, -0.2) is 40.1 Å². The van der Waals surface area contributed by atoms with E-state index in [0.29, 0.717) is 0 Å². The van der Waals surface area contributed by atoms with E-state index in [0.717, 1.165) is 30.2 Å². The summed E-state index contributed by atoms with van der Waals surface area (Å²) in [7, 11) is 2.40. The number of phenolic OH excluding ortho intramolecular Hbond substituents is 1. The molecule has 0 atom stereocenters. The zero-order chi connectivity index (χ0) is 22.6. The van der Waals surface area contributed by atoms with Crippen molar-refractivity contribution >= 4 is 29.0 Å². The van der Waals surface area contributed by atoms with Crippen LogP contribution in [0.15, 0.2) is 35.9 Å². The van der Waals surface area contributed by atoms with Gasteiger partial charge in [0.1, 0.15) is 17.6 Å². The Morgan fingerprint density at radius 3 is 2.63 bits per heavy atom. The highest BCUT2D eigenvalue weighted by Gasteiger charge is 2.26. The fourth-order valence-corrected chi connectivity index (χ4v) is 2.75. The van der Waals surface area contributed by atoms with Gasteiger partial charge in [0.15, 0.2) is 11.3 Å². The summed E-state index contributed by atoms with van der Waals surface area (Å²) in [5, 5.41) is 41.0. The molecule has 0 aromatic heterocycles. The minimum Gasteiger partial charge on any atom is -0.506 e. The van der Waals surface area contributed by atoms with Crippen molar-refractivity contribution in [3.05, 3.63) is 68.0 Å². The van der Waals surface area contributed by atoms with Gasteiger partial charge in [0.05, 0.1) is 12.0 Å². The van der Waals surface area contributed by atoms with Crippen LogP contribution in [0.5, 0.6) is 11.5 Å². The van der Waals surface area contributed by atoms with E-state index in [-0.39, 0.29) is 28.4 Å². The molecule has 11 heteroatoms. The number of likely N-dealkylation sites (N-methyl/N-ethyl adjacent to an activating group) is 1. The highest BCUT2D eigenvalue weighted by atomic mass is 35.5. The molecule has 2 aromatic carbocycles. The van der Waals surface area contributed by atoms with E-state index in [4.69, 9.17) is 16.3 Å². The molecule has 2 rings (SSSR count). The highest BCUT2D eigenvalue weighted by molar-refractivity contribution is 6.30. The van der Waals surface area contributed by atoms with Crippen LogP contribution < -0.4 is 4.74 Å². The largest absolute Gasteiger partial charge is 0.506 e. The second-order valence-corrected chi connectivity index (χ2v) is 6.47. The number of carbonyl (C=O) groups excluding carboxylic acids is 1. The van der Waals surface area contributed by atoms with Crippen LogP contribution in [-0.2, 0) is 11.3 Å². The van der Waals surface area contributed by atoms with E-state index in [9.17, 15) is 34.8 Å². The number of aliphatic hydroxyl groups is 1. The predicted octanol–water partition coefficient (Wildman–Crippen LogP) is 3.55. The Balaban J connectivity index is 2.47. The standard InChI is InChI=1S/C19H15ClFN3O6/c1-23(9-11-5-12(20)3-4-14(11)21)19(27)13(8-22)17(25)10-6-15(24(28)29)18(26)16(7-10)30-2/h3-7,25-26H,9H2,1-2H3/b17-13-. The summed E-state index contributed by atoms with van der Waals surface area (Å²) in [6.45, 7) is -0.261. The first-order valence-electron chi connectivity index (χ1n) is 8.19. The Bertz CT molecular complexity index is 1100. The van der Waals surface area contributed by atoms with Crippen molar-refractivity contribution in [2.24, 2.45) is 0 Å². The number of nitriles is 1. The highest BCUT2D eigenvalue weighted by Crippen LogP contribution is 2.38. The third kappa shape index (κ3) is 4.59. The first-order valence-corrected chi connectivity index (χ1v) is 8.57. The molecule has 0 aliphatic carbocycles. The lowest BCUT2D eigenvalue weighted by molar-refractivity contribution is -0.386. The molecule has 0 heterocycles. The first kappa shape index (κ1) is 22.4. The molecule has 156 valence electrons. The fourth-order valence-electron chi connectivity index (χ4n) is 2.55. The SMILES string of the molecule is COc1cc(/C(O)=C(\C#N)C(=O)N(C)Cc2cc(Cl)ccc2F)cc([N+](=O)[O-])c1O. The summed E-state index contributed by atoms with van der Waals surface area (Å²) in [4.78, 5) is 23.8. The van der Waals surface area contributed by atoms with Gasteiger partial charge < -0.3 is 19.8 Å². The van der Waals surface area contributed by atoms with Gasteiger partial charge in [0.2, 0.25) is 5.75 Å². The van der Waals surface area contributed by atoms with Crippen LogP contribution in [0.1, 0.15) is 11.1 Å². The molecule has 0 aliphatic rings. The lowest BCUT2D eigenvalue weighted by Gasteiger charge is -2.18. The number of ether oxygens (including phenoxy) is 1. The molecule has 0 unspecified atom stereocenters. The van der Waals surface area contributed by atoms with E-state index in [1.807, 2.05) is 0 Å². The molecule has 9 nitrogen and oxygen atoms in total. The zero-order valence-electron chi connectivity index (χ0n) is 15.7. The van der Waals surface area contributed by atoms with Crippen molar-refractivity contribution in [3.8, 4) is 17.6 Å². The van der Waals surface area contributed by atoms with Crippen LogP contribution in [0.4, 0.5) is 10.1 Å². The molecule has 0 saturated carbocycles. The average molecular weight is 436 g/mol. The van der Waals surface area contributed by atoms with Crippen molar-refractivity contribution in [2.75, 3.05) is 14.2 Å². The number of amides is 1. The van der Waals surface area contributed by atoms with E-state index >= 15 is 0 Å². The van der Waals surface area contributed by atoms with Crippen molar-refractivity contribution in [2.45, 2.75) is 6.54 Å². The molecule has 0 bridgehead atoms. The molecule has 0 fully saturated rings. The van der Waals surface area contributed by atoms with Crippen molar-refractivity contribution < 1.29 is 29.1 Å². The Hall–Kier alpha value is -3.84. The van der Waals surface area contributed by atoms with E-state index in [2.05, 4.69) is 0 Å².